The van der Waals surface area contributed by atoms with E-state index in [9.17, 15) is 4.79 Å². The van der Waals surface area contributed by atoms with Crippen molar-refractivity contribution in [2.75, 3.05) is 72.0 Å². The number of likely N-dealkylation sites (N-methyl/N-ethyl adjacent to an activating group) is 1. The number of benzene rings is 1. The maximum Gasteiger partial charge on any atom is 0.409 e. The number of ether oxygens (including phenoxy) is 2. The first-order valence-electron chi connectivity index (χ1n) is 11.8. The number of nitrogens with zero attached hydrogens (tertiary/aromatic N) is 7. The Bertz CT molecular complexity index is 1100. The van der Waals surface area contributed by atoms with Gasteiger partial charge in [0, 0.05) is 76.1 Å². The van der Waals surface area contributed by atoms with Gasteiger partial charge < -0.3 is 28.7 Å². The molecule has 4 rings (SSSR count). The van der Waals surface area contributed by atoms with Crippen LogP contribution in [0.1, 0.15) is 6.42 Å². The Hall–Kier alpha value is -3.11. The SMILES string of the molecule is COCCN(C)CCCn1c(-c2cn(C)c3ccccc23)nnc1N1CCN(C(=O)OC)CC1. The highest BCUT2D eigenvalue weighted by molar-refractivity contribution is 5.94. The second-order valence-corrected chi connectivity index (χ2v) is 8.74. The zero-order valence-electron chi connectivity index (χ0n) is 20.6. The predicted octanol–water partition coefficient (Wildman–Crippen LogP) is 2.29. The quantitative estimate of drug-likeness (QED) is 0.476. The summed E-state index contributed by atoms with van der Waals surface area (Å²) in [5.74, 6) is 1.73. The van der Waals surface area contributed by atoms with Gasteiger partial charge in [-0.3, -0.25) is 4.57 Å². The van der Waals surface area contributed by atoms with Crippen LogP contribution in [0.15, 0.2) is 30.5 Å². The highest BCUT2D eigenvalue weighted by atomic mass is 16.5. The molecular weight excluding hydrogens is 434 g/mol. The van der Waals surface area contributed by atoms with Gasteiger partial charge >= 0.3 is 6.09 Å². The van der Waals surface area contributed by atoms with Crippen LogP contribution >= 0.6 is 0 Å². The third-order valence-corrected chi connectivity index (χ3v) is 6.46. The van der Waals surface area contributed by atoms with E-state index < -0.39 is 0 Å². The minimum Gasteiger partial charge on any atom is -0.453 e. The first-order valence-corrected chi connectivity index (χ1v) is 11.8. The monoisotopic (exact) mass is 469 g/mol. The van der Waals surface area contributed by atoms with Gasteiger partial charge in [0.25, 0.3) is 0 Å². The van der Waals surface area contributed by atoms with Crippen molar-refractivity contribution in [3.05, 3.63) is 30.5 Å². The van der Waals surface area contributed by atoms with Crippen LogP contribution in [0.5, 0.6) is 0 Å². The molecule has 0 spiro atoms. The molecule has 3 aromatic rings. The van der Waals surface area contributed by atoms with E-state index in [1.54, 1.807) is 12.0 Å². The maximum absolute atomic E-state index is 11.9. The summed E-state index contributed by atoms with van der Waals surface area (Å²) in [6, 6.07) is 8.37. The van der Waals surface area contributed by atoms with E-state index in [0.717, 1.165) is 55.4 Å². The minimum absolute atomic E-state index is 0.281. The van der Waals surface area contributed by atoms with Crippen molar-refractivity contribution in [1.29, 1.82) is 0 Å². The van der Waals surface area contributed by atoms with E-state index >= 15 is 0 Å². The lowest BCUT2D eigenvalue weighted by Gasteiger charge is -2.34. The van der Waals surface area contributed by atoms with Crippen molar-refractivity contribution in [2.24, 2.45) is 7.05 Å². The smallest absolute Gasteiger partial charge is 0.409 e. The molecule has 10 nitrogen and oxygen atoms in total. The van der Waals surface area contributed by atoms with Crippen LogP contribution in [0, 0.1) is 0 Å². The molecule has 0 unspecified atom stereocenters. The Morgan fingerprint density at radius 2 is 1.85 bits per heavy atom. The average molecular weight is 470 g/mol. The standard InChI is InChI=1S/C24H35N7O3/c1-27(16-17-33-3)10-7-11-31-22(20-18-28(2)21-9-6-5-8-19(20)21)25-26-23(31)29-12-14-30(15-13-29)24(32)34-4/h5-6,8-9,18H,7,10-17H2,1-4H3. The molecule has 184 valence electrons. The molecule has 0 atom stereocenters. The van der Waals surface area contributed by atoms with Crippen LogP contribution in [-0.2, 0) is 23.1 Å². The van der Waals surface area contributed by atoms with Crippen molar-refractivity contribution < 1.29 is 14.3 Å². The number of rotatable bonds is 9. The molecule has 1 aliphatic heterocycles. The summed E-state index contributed by atoms with van der Waals surface area (Å²) in [5, 5.41) is 10.5. The number of piperazine rings is 1. The lowest BCUT2D eigenvalue weighted by molar-refractivity contribution is 0.121. The summed E-state index contributed by atoms with van der Waals surface area (Å²) in [7, 11) is 7.33. The molecule has 1 aliphatic rings. The fourth-order valence-corrected chi connectivity index (χ4v) is 4.53. The number of hydrogen-bond acceptors (Lipinski definition) is 7. The molecule has 1 aromatic carbocycles. The van der Waals surface area contributed by atoms with E-state index in [1.807, 2.05) is 0 Å². The number of para-hydroxylation sites is 1. The first-order chi connectivity index (χ1) is 16.5. The topological polar surface area (TPSA) is 80.9 Å². The molecule has 1 saturated heterocycles. The van der Waals surface area contributed by atoms with Crippen LogP contribution < -0.4 is 4.90 Å². The van der Waals surface area contributed by atoms with Crippen molar-refractivity contribution in [3.8, 4) is 11.4 Å². The third kappa shape index (κ3) is 5.02. The molecule has 0 aliphatic carbocycles. The van der Waals surface area contributed by atoms with Crippen molar-refractivity contribution in [3.63, 3.8) is 0 Å². The Labute approximate surface area is 200 Å². The second kappa shape index (κ2) is 10.9. The summed E-state index contributed by atoms with van der Waals surface area (Å²) in [6.07, 6.45) is 2.82. The van der Waals surface area contributed by atoms with Crippen molar-refractivity contribution in [2.45, 2.75) is 13.0 Å². The van der Waals surface area contributed by atoms with E-state index in [4.69, 9.17) is 9.47 Å². The van der Waals surface area contributed by atoms with Gasteiger partial charge in [0.05, 0.1) is 13.7 Å². The number of amides is 1. The van der Waals surface area contributed by atoms with Gasteiger partial charge in [-0.1, -0.05) is 18.2 Å². The molecule has 0 saturated carbocycles. The Morgan fingerprint density at radius 3 is 2.59 bits per heavy atom. The lowest BCUT2D eigenvalue weighted by Crippen LogP contribution is -2.49. The average Bonchev–Trinajstić information content (AvgIpc) is 3.43. The summed E-state index contributed by atoms with van der Waals surface area (Å²) in [4.78, 5) is 18.1. The maximum atomic E-state index is 11.9. The summed E-state index contributed by atoms with van der Waals surface area (Å²) >= 11 is 0. The van der Waals surface area contributed by atoms with Crippen molar-refractivity contribution >= 4 is 22.9 Å². The van der Waals surface area contributed by atoms with Crippen LogP contribution in [0.25, 0.3) is 22.3 Å². The van der Waals surface area contributed by atoms with Gasteiger partial charge in [-0.2, -0.15) is 0 Å². The van der Waals surface area contributed by atoms with Gasteiger partial charge in [0.15, 0.2) is 5.82 Å². The number of aromatic nitrogens is 4. The number of anilines is 1. The Balaban J connectivity index is 1.60. The number of carbonyl (C=O) groups is 1. The van der Waals surface area contributed by atoms with Crippen LogP contribution in [0.2, 0.25) is 0 Å². The molecule has 0 bridgehead atoms. The molecular formula is C24H35N7O3. The zero-order valence-corrected chi connectivity index (χ0v) is 20.6. The van der Waals surface area contributed by atoms with Gasteiger partial charge in [0.1, 0.15) is 0 Å². The lowest BCUT2D eigenvalue weighted by atomic mass is 10.1. The summed E-state index contributed by atoms with van der Waals surface area (Å²) in [6.45, 7) is 5.96. The predicted molar refractivity (Wildman–Crippen MR) is 132 cm³/mol. The van der Waals surface area contributed by atoms with E-state index in [1.165, 1.54) is 12.6 Å². The molecule has 1 amide bonds. The van der Waals surface area contributed by atoms with Gasteiger partial charge in [-0.25, -0.2) is 4.79 Å². The number of carbonyl (C=O) groups excluding carboxylic acids is 1. The second-order valence-electron chi connectivity index (χ2n) is 8.74. The molecule has 0 N–H and O–H groups in total. The van der Waals surface area contributed by atoms with E-state index in [2.05, 4.69) is 73.7 Å². The highest BCUT2D eigenvalue weighted by Gasteiger charge is 2.26. The first kappa shape index (κ1) is 24.0. The molecule has 10 heteroatoms. The summed E-state index contributed by atoms with van der Waals surface area (Å²) in [5.41, 5.74) is 2.25. The van der Waals surface area contributed by atoms with Crippen LogP contribution in [-0.4, -0.2) is 102 Å². The largest absolute Gasteiger partial charge is 0.453 e. The fourth-order valence-electron chi connectivity index (χ4n) is 4.53. The number of fused-ring (bicyclic) bond motifs is 1. The Morgan fingerprint density at radius 1 is 1.09 bits per heavy atom. The highest BCUT2D eigenvalue weighted by Crippen LogP contribution is 2.31. The minimum atomic E-state index is -0.281. The number of hydrogen-bond donors (Lipinski definition) is 0. The molecule has 0 radical (unpaired) electrons. The van der Waals surface area contributed by atoms with Gasteiger partial charge in [-0.15, -0.1) is 10.2 Å². The van der Waals surface area contributed by atoms with E-state index in [-0.39, 0.29) is 6.09 Å². The molecule has 34 heavy (non-hydrogen) atoms. The third-order valence-electron chi connectivity index (χ3n) is 6.46. The van der Waals surface area contributed by atoms with Gasteiger partial charge in [-0.05, 0) is 26.1 Å². The number of methoxy groups -OCH3 is 2. The zero-order chi connectivity index (χ0) is 24.1. The van der Waals surface area contributed by atoms with Crippen LogP contribution in [0.4, 0.5) is 10.7 Å². The summed E-state index contributed by atoms with van der Waals surface area (Å²) < 4.78 is 14.5. The number of aryl methyl sites for hydroxylation is 1. The molecule has 1 fully saturated rings. The Kier molecular flexibility index (Phi) is 7.69. The van der Waals surface area contributed by atoms with Crippen LogP contribution in [0.3, 0.4) is 0 Å². The van der Waals surface area contributed by atoms with Gasteiger partial charge in [0.2, 0.25) is 5.95 Å². The molecule has 2 aromatic heterocycles. The molecule has 3 heterocycles. The fraction of sp³-hybridized carbons (Fsp3) is 0.542. The van der Waals surface area contributed by atoms with Crippen molar-refractivity contribution in [1.82, 2.24) is 29.1 Å². The van der Waals surface area contributed by atoms with E-state index in [0.29, 0.717) is 26.2 Å². The normalized spacial score (nSPS) is 14.4.